The van der Waals surface area contributed by atoms with Crippen molar-refractivity contribution in [3.05, 3.63) is 141 Å². The molecule has 0 aliphatic carbocycles. The van der Waals surface area contributed by atoms with Gasteiger partial charge in [-0.1, -0.05) is 22.4 Å². The predicted molar refractivity (Wildman–Crippen MR) is 268 cm³/mol. The molecule has 366 valence electrons. The Hall–Kier alpha value is -8.94. The highest BCUT2D eigenvalue weighted by Gasteiger charge is 2.28. The Morgan fingerprint density at radius 2 is 1.03 bits per heavy atom. The lowest BCUT2D eigenvalue weighted by Crippen LogP contribution is -2.39. The monoisotopic (exact) mass is 970 g/mol. The molecule has 0 aliphatic rings. The van der Waals surface area contributed by atoms with Crippen LogP contribution < -0.4 is 31.5 Å². The summed E-state index contributed by atoms with van der Waals surface area (Å²) >= 11 is 0. The molecule has 10 aromatic rings. The average Bonchev–Trinajstić information content (AvgIpc) is 4.09. The summed E-state index contributed by atoms with van der Waals surface area (Å²) in [6, 6.07) is 17.3. The molecular formula is C52H50N12O8. The molecule has 0 fully saturated rings. The molecule has 20 nitrogen and oxygen atoms in total. The molecule has 8 heterocycles. The second kappa shape index (κ2) is 18.8. The van der Waals surface area contributed by atoms with E-state index in [9.17, 15) is 19.2 Å². The maximum absolute atomic E-state index is 14.5. The third kappa shape index (κ3) is 7.99. The standard InChI is InChI=1S/C52H50N12O8/c1-27-47(31(5)71-59-27)35-19-39-33(21-43(35)69-7)49-41(23-57-39)61(51(67)63(49)29(3)37-13-9-11-15-53-37)25-45(65)55-17-18-56-46(66)26-62-42-24-58-40-20-36(48-28(2)60-72-32(48)6)44(70-8)22-34(40)50(42)64(52(62)68)30(4)38-14-10-12-16-54-38/h9-16,19-24,29-30H,17-18,25-26H2,1-8H3,(H,55,65)(H,56,66)/t29-,30-/m1/s1. The molecule has 0 aliphatic heterocycles. The van der Waals surface area contributed by atoms with Gasteiger partial charge in [-0.2, -0.15) is 0 Å². The molecule has 10 rings (SSSR count). The van der Waals surface area contributed by atoms with Crippen LogP contribution in [0, 0.1) is 27.7 Å². The molecule has 0 unspecified atom stereocenters. The minimum atomic E-state index is -0.538. The average molecular weight is 971 g/mol. The third-order valence-corrected chi connectivity index (χ3v) is 13.2. The van der Waals surface area contributed by atoms with Crippen LogP contribution in [0.3, 0.4) is 0 Å². The van der Waals surface area contributed by atoms with Gasteiger partial charge >= 0.3 is 11.4 Å². The van der Waals surface area contributed by atoms with Crippen molar-refractivity contribution in [3.63, 3.8) is 0 Å². The van der Waals surface area contributed by atoms with E-state index < -0.39 is 35.3 Å². The van der Waals surface area contributed by atoms with Crippen LogP contribution >= 0.6 is 0 Å². The molecule has 2 N–H and O–H groups in total. The van der Waals surface area contributed by atoms with Crippen LogP contribution in [0.1, 0.15) is 60.2 Å². The minimum absolute atomic E-state index is 0.0258. The van der Waals surface area contributed by atoms with Gasteiger partial charge in [0.2, 0.25) is 11.8 Å². The van der Waals surface area contributed by atoms with Crippen molar-refractivity contribution < 1.29 is 28.1 Å². The van der Waals surface area contributed by atoms with Crippen molar-refractivity contribution in [3.8, 4) is 33.8 Å². The summed E-state index contributed by atoms with van der Waals surface area (Å²) in [7, 11) is 3.13. The first-order valence-electron chi connectivity index (χ1n) is 23.2. The van der Waals surface area contributed by atoms with Crippen molar-refractivity contribution >= 4 is 55.7 Å². The minimum Gasteiger partial charge on any atom is -0.496 e. The van der Waals surface area contributed by atoms with Gasteiger partial charge in [0, 0.05) is 47.4 Å². The van der Waals surface area contributed by atoms with E-state index in [1.807, 2.05) is 90.1 Å². The van der Waals surface area contributed by atoms with Crippen LogP contribution in [0.5, 0.6) is 11.5 Å². The van der Waals surface area contributed by atoms with Crippen LogP contribution in [0.25, 0.3) is 66.1 Å². The van der Waals surface area contributed by atoms with Crippen molar-refractivity contribution in [2.24, 2.45) is 0 Å². The number of hydrogen-bond donors (Lipinski definition) is 2. The molecule has 0 saturated heterocycles. The zero-order chi connectivity index (χ0) is 50.5. The van der Waals surface area contributed by atoms with Gasteiger partial charge in [-0.15, -0.1) is 0 Å². The van der Waals surface area contributed by atoms with Gasteiger partial charge in [-0.25, -0.2) is 9.59 Å². The van der Waals surface area contributed by atoms with Gasteiger partial charge < -0.3 is 29.2 Å². The summed E-state index contributed by atoms with van der Waals surface area (Å²) in [5, 5.41) is 15.2. The first-order chi connectivity index (χ1) is 34.8. The number of aromatic nitrogens is 10. The molecule has 2 aromatic carbocycles. The van der Waals surface area contributed by atoms with Crippen LogP contribution in [-0.4, -0.2) is 87.6 Å². The number of methoxy groups -OCH3 is 2. The van der Waals surface area contributed by atoms with Gasteiger partial charge in [0.15, 0.2) is 0 Å². The van der Waals surface area contributed by atoms with Crippen LogP contribution in [0.2, 0.25) is 0 Å². The van der Waals surface area contributed by atoms with Crippen molar-refractivity contribution in [1.82, 2.24) is 59.2 Å². The smallest absolute Gasteiger partial charge is 0.330 e. The maximum Gasteiger partial charge on any atom is 0.330 e. The highest BCUT2D eigenvalue weighted by molar-refractivity contribution is 6.06. The van der Waals surface area contributed by atoms with Crippen molar-refractivity contribution in [2.75, 3.05) is 27.3 Å². The highest BCUT2D eigenvalue weighted by Crippen LogP contribution is 2.41. The number of amides is 2. The normalized spacial score (nSPS) is 12.5. The summed E-state index contributed by atoms with van der Waals surface area (Å²) < 4.78 is 28.7. The summed E-state index contributed by atoms with van der Waals surface area (Å²) in [4.78, 5) is 75.1. The van der Waals surface area contributed by atoms with Gasteiger partial charge in [-0.05, 0) is 90.1 Å². The fourth-order valence-electron chi connectivity index (χ4n) is 9.75. The Balaban J connectivity index is 0.914. The molecule has 0 bridgehead atoms. The molecule has 20 heteroatoms. The Morgan fingerprint density at radius 3 is 1.38 bits per heavy atom. The van der Waals surface area contributed by atoms with E-state index in [0.717, 1.165) is 22.3 Å². The topological polar surface area (TPSA) is 234 Å². The molecule has 8 aromatic heterocycles. The molecule has 2 amide bonds. The molecule has 0 radical (unpaired) electrons. The number of imidazole rings is 2. The Morgan fingerprint density at radius 1 is 0.611 bits per heavy atom. The van der Waals surface area contributed by atoms with Crippen LogP contribution in [0.4, 0.5) is 0 Å². The molecule has 72 heavy (non-hydrogen) atoms. The lowest BCUT2D eigenvalue weighted by molar-refractivity contribution is -0.123. The summed E-state index contributed by atoms with van der Waals surface area (Å²) in [6.07, 6.45) is 6.49. The Kier molecular flexibility index (Phi) is 12.2. The predicted octanol–water partition coefficient (Wildman–Crippen LogP) is 6.52. The van der Waals surface area contributed by atoms with Gasteiger partial charge in [-0.3, -0.25) is 47.8 Å². The van der Waals surface area contributed by atoms with Crippen molar-refractivity contribution in [1.29, 1.82) is 0 Å². The quantitative estimate of drug-likeness (QED) is 0.104. The lowest BCUT2D eigenvalue weighted by Gasteiger charge is -2.15. The van der Waals surface area contributed by atoms with E-state index in [-0.39, 0.29) is 26.2 Å². The number of carbonyl (C=O) groups excluding carboxylic acids is 2. The fraction of sp³-hybridized carbons (Fsp3) is 0.269. The zero-order valence-corrected chi connectivity index (χ0v) is 40.8. The van der Waals surface area contributed by atoms with Crippen LogP contribution in [0.15, 0.2) is 104 Å². The number of nitrogens with zero attached hydrogens (tertiary/aromatic N) is 10. The zero-order valence-electron chi connectivity index (χ0n) is 40.8. The molecular weight excluding hydrogens is 921 g/mol. The first kappa shape index (κ1) is 46.8. The highest BCUT2D eigenvalue weighted by atomic mass is 16.5. The van der Waals surface area contributed by atoms with Gasteiger partial charge in [0.05, 0.1) is 106 Å². The number of hydrogen-bond acceptors (Lipinski definition) is 14. The number of benzene rings is 2. The summed E-state index contributed by atoms with van der Waals surface area (Å²) in [6.45, 7) is 10.5. The number of pyridine rings is 4. The fourth-order valence-corrected chi connectivity index (χ4v) is 9.75. The van der Waals surface area contributed by atoms with E-state index in [0.29, 0.717) is 89.7 Å². The number of fused-ring (bicyclic) bond motifs is 6. The van der Waals surface area contributed by atoms with Crippen molar-refractivity contribution in [2.45, 2.75) is 66.7 Å². The number of rotatable bonds is 15. The summed E-state index contributed by atoms with van der Waals surface area (Å²) in [5.41, 5.74) is 7.90. The van der Waals surface area contributed by atoms with E-state index in [4.69, 9.17) is 28.5 Å². The lowest BCUT2D eigenvalue weighted by atomic mass is 10.00. The number of carbonyl (C=O) groups is 2. The van der Waals surface area contributed by atoms with Gasteiger partial charge in [0.25, 0.3) is 0 Å². The largest absolute Gasteiger partial charge is 0.496 e. The Labute approximate surface area is 410 Å². The SMILES string of the molecule is COc1cc2c(cc1-c1c(C)noc1C)ncc1c2n([C@H](C)c2ccccn2)c(=O)n1CC(=O)NCCNC(=O)Cn1c(=O)n([C@H](C)c2ccccn2)c2c3cc(OC)c(-c4c(C)noc4C)cc3ncc21. The van der Waals surface area contributed by atoms with Crippen LogP contribution in [-0.2, 0) is 22.7 Å². The second-order valence-electron chi connectivity index (χ2n) is 17.6. The van der Waals surface area contributed by atoms with E-state index >= 15 is 0 Å². The summed E-state index contributed by atoms with van der Waals surface area (Å²) in [5.74, 6) is 1.33. The number of ether oxygens (including phenoxy) is 2. The molecule has 2 atom stereocenters. The maximum atomic E-state index is 14.5. The van der Waals surface area contributed by atoms with E-state index in [2.05, 4.69) is 30.9 Å². The molecule has 0 spiro atoms. The van der Waals surface area contributed by atoms with Gasteiger partial charge in [0.1, 0.15) is 36.1 Å². The Bertz CT molecular complexity index is 3580. The first-order valence-corrected chi connectivity index (χ1v) is 23.2. The molecule has 0 saturated carbocycles. The van der Waals surface area contributed by atoms with E-state index in [1.165, 1.54) is 9.13 Å². The van der Waals surface area contributed by atoms with E-state index in [1.54, 1.807) is 60.3 Å². The number of nitrogens with one attached hydrogen (secondary N) is 2. The second-order valence-corrected chi connectivity index (χ2v) is 17.6. The number of aryl methyl sites for hydroxylation is 4. The third-order valence-electron chi connectivity index (χ3n) is 13.2.